The third kappa shape index (κ3) is 2.64. The molecular formula is C10H17ClN2O. The Bertz CT molecular complexity index is 262. The molecule has 4 heteroatoms. The summed E-state index contributed by atoms with van der Waals surface area (Å²) in [5.74, 6) is 0.865. The number of hydrogen-bond donors (Lipinski definition) is 0. The van der Waals surface area contributed by atoms with Gasteiger partial charge in [0.2, 0.25) is 0 Å². The van der Waals surface area contributed by atoms with Crippen LogP contribution in [0.5, 0.6) is 5.75 Å². The fraction of sp³-hybridized carbons (Fsp3) is 0.700. The summed E-state index contributed by atoms with van der Waals surface area (Å²) < 4.78 is 7.19. The highest BCUT2D eigenvalue weighted by atomic mass is 35.5. The lowest BCUT2D eigenvalue weighted by Crippen LogP contribution is -2.05. The molecule has 0 spiro atoms. The average Bonchev–Trinajstić information content (AvgIpc) is 2.56. The van der Waals surface area contributed by atoms with Crippen LogP contribution in [0.15, 0.2) is 6.20 Å². The van der Waals surface area contributed by atoms with Gasteiger partial charge >= 0.3 is 0 Å². The lowest BCUT2D eigenvalue weighted by Gasteiger charge is -2.07. The number of alkyl halides is 1. The van der Waals surface area contributed by atoms with Gasteiger partial charge in [-0.25, -0.2) is 0 Å². The van der Waals surface area contributed by atoms with E-state index in [-0.39, 0.29) is 5.38 Å². The minimum atomic E-state index is 0.194. The van der Waals surface area contributed by atoms with E-state index in [9.17, 15) is 0 Å². The van der Waals surface area contributed by atoms with E-state index in [1.165, 1.54) is 0 Å². The number of ether oxygens (including phenoxy) is 1. The van der Waals surface area contributed by atoms with Crippen molar-refractivity contribution in [3.63, 3.8) is 0 Å². The van der Waals surface area contributed by atoms with Crippen molar-refractivity contribution in [3.8, 4) is 5.75 Å². The zero-order valence-corrected chi connectivity index (χ0v) is 9.71. The van der Waals surface area contributed by atoms with E-state index in [0.717, 1.165) is 30.8 Å². The van der Waals surface area contributed by atoms with Gasteiger partial charge in [-0.2, -0.15) is 5.10 Å². The molecule has 0 aliphatic heterocycles. The van der Waals surface area contributed by atoms with Crippen LogP contribution in [0.4, 0.5) is 0 Å². The summed E-state index contributed by atoms with van der Waals surface area (Å²) >= 11 is 5.92. The second-order valence-electron chi connectivity index (χ2n) is 3.29. The molecule has 3 nitrogen and oxygen atoms in total. The van der Waals surface area contributed by atoms with Crippen molar-refractivity contribution >= 4 is 11.6 Å². The smallest absolute Gasteiger partial charge is 0.159 e. The summed E-state index contributed by atoms with van der Waals surface area (Å²) in [5, 5.41) is 4.43. The molecule has 0 fully saturated rings. The molecule has 1 rings (SSSR count). The first-order valence-electron chi connectivity index (χ1n) is 4.91. The lowest BCUT2D eigenvalue weighted by atomic mass is 10.2. The van der Waals surface area contributed by atoms with Gasteiger partial charge < -0.3 is 4.74 Å². The monoisotopic (exact) mass is 216 g/mol. The molecular weight excluding hydrogens is 200 g/mol. The summed E-state index contributed by atoms with van der Waals surface area (Å²) in [7, 11) is 1.67. The van der Waals surface area contributed by atoms with Crippen molar-refractivity contribution in [2.45, 2.75) is 38.6 Å². The first kappa shape index (κ1) is 11.4. The lowest BCUT2D eigenvalue weighted by molar-refractivity contribution is 0.406. The van der Waals surface area contributed by atoms with Gasteiger partial charge in [-0.15, -0.1) is 11.6 Å². The third-order valence-electron chi connectivity index (χ3n) is 2.21. The Balaban J connectivity index is 2.75. The second kappa shape index (κ2) is 5.25. The van der Waals surface area contributed by atoms with Crippen molar-refractivity contribution < 1.29 is 4.74 Å². The van der Waals surface area contributed by atoms with Gasteiger partial charge in [0.05, 0.1) is 19.0 Å². The highest BCUT2D eigenvalue weighted by Gasteiger charge is 2.10. The molecule has 0 aliphatic carbocycles. The Morgan fingerprint density at radius 1 is 1.64 bits per heavy atom. The summed E-state index contributed by atoms with van der Waals surface area (Å²) in [6, 6.07) is 0. The van der Waals surface area contributed by atoms with Crippen LogP contribution in [-0.4, -0.2) is 22.3 Å². The Morgan fingerprint density at radius 2 is 2.36 bits per heavy atom. The van der Waals surface area contributed by atoms with Crippen LogP contribution in [0.3, 0.4) is 0 Å². The SMILES string of the molecule is CCn1ncc(OC)c1CCC(C)Cl. The van der Waals surface area contributed by atoms with Crippen molar-refractivity contribution in [2.75, 3.05) is 7.11 Å². The molecule has 0 N–H and O–H groups in total. The van der Waals surface area contributed by atoms with E-state index in [0.29, 0.717) is 0 Å². The Labute approximate surface area is 90.0 Å². The highest BCUT2D eigenvalue weighted by molar-refractivity contribution is 6.20. The average molecular weight is 217 g/mol. The number of rotatable bonds is 5. The molecule has 0 aliphatic rings. The standard InChI is InChI=1S/C10H17ClN2O/c1-4-13-9(6-5-8(2)11)10(14-3)7-12-13/h7-8H,4-6H2,1-3H3. The third-order valence-corrected chi connectivity index (χ3v) is 2.43. The fourth-order valence-electron chi connectivity index (χ4n) is 1.42. The minimum absolute atomic E-state index is 0.194. The second-order valence-corrected chi connectivity index (χ2v) is 4.04. The van der Waals surface area contributed by atoms with Gasteiger partial charge in [-0.05, 0) is 26.7 Å². The van der Waals surface area contributed by atoms with Crippen molar-refractivity contribution in [2.24, 2.45) is 0 Å². The number of nitrogens with zero attached hydrogens (tertiary/aromatic N) is 2. The molecule has 1 unspecified atom stereocenters. The zero-order valence-electron chi connectivity index (χ0n) is 8.96. The molecule has 1 heterocycles. The van der Waals surface area contributed by atoms with Gasteiger partial charge in [-0.3, -0.25) is 4.68 Å². The van der Waals surface area contributed by atoms with Crippen LogP contribution >= 0.6 is 11.6 Å². The van der Waals surface area contributed by atoms with Crippen molar-refractivity contribution in [1.82, 2.24) is 9.78 Å². The van der Waals surface area contributed by atoms with E-state index < -0.39 is 0 Å². The number of aromatic nitrogens is 2. The Hall–Kier alpha value is -0.700. The first-order chi connectivity index (χ1) is 6.69. The molecule has 80 valence electrons. The van der Waals surface area contributed by atoms with Gasteiger partial charge in [-0.1, -0.05) is 0 Å². The van der Waals surface area contributed by atoms with Crippen LogP contribution in [0.25, 0.3) is 0 Å². The van der Waals surface area contributed by atoms with E-state index in [1.807, 2.05) is 11.6 Å². The molecule has 1 aromatic rings. The van der Waals surface area contributed by atoms with Gasteiger partial charge in [0, 0.05) is 11.9 Å². The molecule has 1 atom stereocenters. The van der Waals surface area contributed by atoms with Crippen molar-refractivity contribution in [3.05, 3.63) is 11.9 Å². The Morgan fingerprint density at radius 3 is 2.86 bits per heavy atom. The number of halogens is 1. The zero-order chi connectivity index (χ0) is 10.6. The molecule has 0 radical (unpaired) electrons. The first-order valence-corrected chi connectivity index (χ1v) is 5.35. The van der Waals surface area contributed by atoms with E-state index >= 15 is 0 Å². The van der Waals surface area contributed by atoms with E-state index in [4.69, 9.17) is 16.3 Å². The number of methoxy groups -OCH3 is 1. The predicted octanol–water partition coefficient (Wildman–Crippen LogP) is 2.47. The predicted molar refractivity (Wildman–Crippen MR) is 58.1 cm³/mol. The molecule has 0 aromatic carbocycles. The van der Waals surface area contributed by atoms with Crippen LogP contribution < -0.4 is 4.74 Å². The topological polar surface area (TPSA) is 27.1 Å². The summed E-state index contributed by atoms with van der Waals surface area (Å²) in [6.07, 6.45) is 3.63. The summed E-state index contributed by atoms with van der Waals surface area (Å²) in [4.78, 5) is 0. The maximum absolute atomic E-state index is 5.92. The molecule has 0 saturated carbocycles. The van der Waals surface area contributed by atoms with E-state index in [1.54, 1.807) is 13.3 Å². The number of aryl methyl sites for hydroxylation is 1. The molecule has 0 bridgehead atoms. The summed E-state index contributed by atoms with van der Waals surface area (Å²) in [6.45, 7) is 4.94. The molecule has 0 saturated heterocycles. The largest absolute Gasteiger partial charge is 0.493 e. The van der Waals surface area contributed by atoms with E-state index in [2.05, 4.69) is 12.0 Å². The quantitative estimate of drug-likeness (QED) is 0.708. The van der Waals surface area contributed by atoms with Crippen LogP contribution in [-0.2, 0) is 13.0 Å². The molecule has 14 heavy (non-hydrogen) atoms. The maximum atomic E-state index is 5.92. The van der Waals surface area contributed by atoms with Gasteiger partial charge in [0.25, 0.3) is 0 Å². The maximum Gasteiger partial charge on any atom is 0.159 e. The molecule has 0 amide bonds. The normalized spacial score (nSPS) is 12.9. The van der Waals surface area contributed by atoms with Crippen LogP contribution in [0.1, 0.15) is 26.0 Å². The summed E-state index contributed by atoms with van der Waals surface area (Å²) in [5.41, 5.74) is 1.14. The minimum Gasteiger partial charge on any atom is -0.493 e. The van der Waals surface area contributed by atoms with Crippen LogP contribution in [0.2, 0.25) is 0 Å². The Kier molecular flexibility index (Phi) is 4.26. The number of hydrogen-bond acceptors (Lipinski definition) is 2. The van der Waals surface area contributed by atoms with Crippen LogP contribution in [0, 0.1) is 0 Å². The molecule has 1 aromatic heterocycles. The van der Waals surface area contributed by atoms with Crippen molar-refractivity contribution in [1.29, 1.82) is 0 Å². The van der Waals surface area contributed by atoms with Gasteiger partial charge in [0.15, 0.2) is 5.75 Å². The highest BCUT2D eigenvalue weighted by Crippen LogP contribution is 2.20. The fourth-order valence-corrected chi connectivity index (χ4v) is 1.53. The van der Waals surface area contributed by atoms with Gasteiger partial charge in [0.1, 0.15) is 0 Å².